The lowest BCUT2D eigenvalue weighted by Gasteiger charge is -2.19. The van der Waals surface area contributed by atoms with Crippen LogP contribution in [0.15, 0.2) is 24.5 Å². The maximum absolute atomic E-state index is 9.46. The molecule has 6 nitrogen and oxygen atoms in total. The van der Waals surface area contributed by atoms with E-state index in [0.717, 1.165) is 26.4 Å². The summed E-state index contributed by atoms with van der Waals surface area (Å²) in [5.74, 6) is 0.582. The quantitative estimate of drug-likeness (QED) is 0.534. The molecular weight excluding hydrogens is 344 g/mol. The first-order valence-corrected chi connectivity index (χ1v) is 9.77. The molecule has 130 valence electrons. The van der Waals surface area contributed by atoms with E-state index >= 15 is 0 Å². The molecule has 0 amide bonds. The van der Waals surface area contributed by atoms with Crippen LogP contribution in [0.4, 0.5) is 0 Å². The molecule has 1 aliphatic rings. The van der Waals surface area contributed by atoms with E-state index in [0.29, 0.717) is 11.5 Å². The molecule has 7 heteroatoms. The highest BCUT2D eigenvalue weighted by molar-refractivity contribution is 7.19. The first-order valence-electron chi connectivity index (χ1n) is 8.95. The van der Waals surface area contributed by atoms with Gasteiger partial charge in [0.2, 0.25) is 4.96 Å². The fourth-order valence-electron chi connectivity index (χ4n) is 3.89. The molecule has 3 heterocycles. The SMILES string of the molecule is Cn1cc2cc(-c3nn4cc(C5CCCCC5)nc4s3)cc(C#N)c2n1. The average Bonchev–Trinajstić information content (AvgIpc) is 3.33. The van der Waals surface area contributed by atoms with Crippen LogP contribution >= 0.6 is 11.3 Å². The molecular formula is C19H18N6S. The van der Waals surface area contributed by atoms with Gasteiger partial charge in [-0.05, 0) is 25.0 Å². The minimum atomic E-state index is 0.578. The van der Waals surface area contributed by atoms with Gasteiger partial charge in [-0.1, -0.05) is 30.6 Å². The molecule has 0 atom stereocenters. The second kappa shape index (κ2) is 5.92. The second-order valence-electron chi connectivity index (χ2n) is 7.01. The third-order valence-corrected chi connectivity index (χ3v) is 6.15. The van der Waals surface area contributed by atoms with Gasteiger partial charge in [0.1, 0.15) is 16.6 Å². The van der Waals surface area contributed by atoms with Crippen LogP contribution in [-0.4, -0.2) is 24.4 Å². The lowest BCUT2D eigenvalue weighted by atomic mass is 9.87. The lowest BCUT2D eigenvalue weighted by Crippen LogP contribution is -2.04. The molecule has 3 aromatic heterocycles. The first kappa shape index (κ1) is 15.5. The Bertz CT molecular complexity index is 1120. The van der Waals surface area contributed by atoms with Gasteiger partial charge < -0.3 is 0 Å². The molecule has 1 aromatic carbocycles. The van der Waals surface area contributed by atoms with Gasteiger partial charge in [0.15, 0.2) is 0 Å². The van der Waals surface area contributed by atoms with E-state index < -0.39 is 0 Å². The van der Waals surface area contributed by atoms with Gasteiger partial charge in [-0.25, -0.2) is 9.50 Å². The zero-order valence-corrected chi connectivity index (χ0v) is 15.3. The molecule has 26 heavy (non-hydrogen) atoms. The van der Waals surface area contributed by atoms with Crippen molar-refractivity contribution in [3.63, 3.8) is 0 Å². The fraction of sp³-hybridized carbons (Fsp3) is 0.368. The number of nitriles is 1. The van der Waals surface area contributed by atoms with Crippen LogP contribution in [0, 0.1) is 11.3 Å². The molecule has 0 spiro atoms. The van der Waals surface area contributed by atoms with E-state index in [2.05, 4.69) is 17.4 Å². The highest BCUT2D eigenvalue weighted by atomic mass is 32.1. The zero-order valence-electron chi connectivity index (χ0n) is 14.5. The molecule has 5 rings (SSSR count). The van der Waals surface area contributed by atoms with E-state index in [4.69, 9.17) is 10.1 Å². The summed E-state index contributed by atoms with van der Waals surface area (Å²) in [7, 11) is 1.87. The van der Waals surface area contributed by atoms with Crippen molar-refractivity contribution in [2.75, 3.05) is 0 Å². The van der Waals surface area contributed by atoms with Crippen LogP contribution in [-0.2, 0) is 7.05 Å². The molecule has 1 saturated carbocycles. The summed E-state index contributed by atoms with van der Waals surface area (Å²) < 4.78 is 3.63. The average molecular weight is 362 g/mol. The number of hydrogen-bond donors (Lipinski definition) is 0. The topological polar surface area (TPSA) is 71.8 Å². The number of fused-ring (bicyclic) bond motifs is 2. The van der Waals surface area contributed by atoms with Gasteiger partial charge in [-0.3, -0.25) is 4.68 Å². The number of benzene rings is 1. The number of hydrogen-bond acceptors (Lipinski definition) is 5. The Labute approximate surface area is 154 Å². The number of nitrogens with zero attached hydrogens (tertiary/aromatic N) is 6. The summed E-state index contributed by atoms with van der Waals surface area (Å²) in [6.45, 7) is 0. The molecule has 1 fully saturated rings. The monoisotopic (exact) mass is 362 g/mol. The first-order chi connectivity index (χ1) is 12.7. The predicted octanol–water partition coefficient (Wildman–Crippen LogP) is 4.26. The molecule has 0 bridgehead atoms. The van der Waals surface area contributed by atoms with Gasteiger partial charge in [0.25, 0.3) is 0 Å². The van der Waals surface area contributed by atoms with Crippen molar-refractivity contribution in [2.24, 2.45) is 7.05 Å². The summed E-state index contributed by atoms with van der Waals surface area (Å²) in [6, 6.07) is 6.17. The van der Waals surface area contributed by atoms with E-state index in [-0.39, 0.29) is 0 Å². The maximum atomic E-state index is 9.46. The lowest BCUT2D eigenvalue weighted by molar-refractivity contribution is 0.438. The standard InChI is InChI=1S/C19H18N6S/c1-24-10-15-8-13(7-14(9-20)17(15)22-24)18-23-25-11-16(21-19(25)26-18)12-5-3-2-4-6-12/h7-8,10-12H,2-6H2,1H3. The highest BCUT2D eigenvalue weighted by Crippen LogP contribution is 2.34. The van der Waals surface area contributed by atoms with Crippen molar-refractivity contribution in [1.82, 2.24) is 24.4 Å². The molecule has 0 saturated heterocycles. The van der Waals surface area contributed by atoms with Crippen LogP contribution in [0.1, 0.15) is 49.3 Å². The van der Waals surface area contributed by atoms with Crippen molar-refractivity contribution >= 4 is 27.2 Å². The number of imidazole rings is 1. The Morgan fingerprint density at radius 3 is 2.77 bits per heavy atom. The Hall–Kier alpha value is -2.72. The fourth-order valence-corrected chi connectivity index (χ4v) is 4.77. The van der Waals surface area contributed by atoms with Gasteiger partial charge in [-0.15, -0.1) is 0 Å². The Balaban J connectivity index is 1.55. The molecule has 1 aliphatic carbocycles. The van der Waals surface area contributed by atoms with Crippen molar-refractivity contribution < 1.29 is 0 Å². The van der Waals surface area contributed by atoms with Crippen LogP contribution in [0.3, 0.4) is 0 Å². The smallest absolute Gasteiger partial charge is 0.212 e. The van der Waals surface area contributed by atoms with Gasteiger partial charge in [-0.2, -0.15) is 15.5 Å². The third-order valence-electron chi connectivity index (χ3n) is 5.18. The maximum Gasteiger partial charge on any atom is 0.212 e. The van der Waals surface area contributed by atoms with Gasteiger partial charge >= 0.3 is 0 Å². The normalized spacial score (nSPS) is 15.7. The Morgan fingerprint density at radius 1 is 1.15 bits per heavy atom. The molecule has 4 aromatic rings. The minimum Gasteiger partial charge on any atom is -0.275 e. The van der Waals surface area contributed by atoms with Crippen LogP contribution < -0.4 is 0 Å². The van der Waals surface area contributed by atoms with Gasteiger partial charge in [0.05, 0.1) is 17.5 Å². The highest BCUT2D eigenvalue weighted by Gasteiger charge is 2.20. The van der Waals surface area contributed by atoms with Crippen molar-refractivity contribution in [3.8, 4) is 16.6 Å². The van der Waals surface area contributed by atoms with E-state index in [1.807, 2.05) is 29.9 Å². The van der Waals surface area contributed by atoms with Gasteiger partial charge in [0, 0.05) is 30.1 Å². The number of aryl methyl sites for hydroxylation is 1. The number of aromatic nitrogens is 5. The zero-order chi connectivity index (χ0) is 17.7. The summed E-state index contributed by atoms with van der Waals surface area (Å²) in [6.07, 6.45) is 10.4. The van der Waals surface area contributed by atoms with Crippen LogP contribution in [0.2, 0.25) is 0 Å². The molecule has 0 N–H and O–H groups in total. The molecule has 0 unspecified atom stereocenters. The summed E-state index contributed by atoms with van der Waals surface area (Å²) >= 11 is 1.57. The van der Waals surface area contributed by atoms with Crippen molar-refractivity contribution in [2.45, 2.75) is 38.0 Å². The van der Waals surface area contributed by atoms with E-state index in [9.17, 15) is 5.26 Å². The molecule has 0 radical (unpaired) electrons. The molecule has 0 aliphatic heterocycles. The van der Waals surface area contributed by atoms with Crippen molar-refractivity contribution in [3.05, 3.63) is 35.8 Å². The van der Waals surface area contributed by atoms with E-state index in [1.54, 1.807) is 16.0 Å². The Kier molecular flexibility index (Phi) is 3.54. The Morgan fingerprint density at radius 2 is 2.00 bits per heavy atom. The van der Waals surface area contributed by atoms with Crippen LogP contribution in [0.25, 0.3) is 26.4 Å². The predicted molar refractivity (Wildman–Crippen MR) is 101 cm³/mol. The second-order valence-corrected chi connectivity index (χ2v) is 7.97. The largest absolute Gasteiger partial charge is 0.275 e. The van der Waals surface area contributed by atoms with Crippen LogP contribution in [0.5, 0.6) is 0 Å². The summed E-state index contributed by atoms with van der Waals surface area (Å²) in [5.41, 5.74) is 3.43. The third kappa shape index (κ3) is 2.49. The minimum absolute atomic E-state index is 0.578. The summed E-state index contributed by atoms with van der Waals surface area (Å²) in [5, 5.41) is 20.4. The number of rotatable bonds is 2. The summed E-state index contributed by atoms with van der Waals surface area (Å²) in [4.78, 5) is 5.75. The van der Waals surface area contributed by atoms with E-state index in [1.165, 1.54) is 37.8 Å². The van der Waals surface area contributed by atoms with Crippen molar-refractivity contribution in [1.29, 1.82) is 5.26 Å².